The van der Waals surface area contributed by atoms with Crippen LogP contribution < -0.4 is 4.74 Å². The Morgan fingerprint density at radius 1 is 1.00 bits per heavy atom. The van der Waals surface area contributed by atoms with Gasteiger partial charge in [0.25, 0.3) is 0 Å². The van der Waals surface area contributed by atoms with Crippen molar-refractivity contribution in [2.45, 2.75) is 42.4 Å². The Morgan fingerprint density at radius 3 is 2.24 bits per heavy atom. The van der Waals surface area contributed by atoms with Gasteiger partial charge in [0.1, 0.15) is 18.2 Å². The third-order valence-electron chi connectivity index (χ3n) is 5.04. The van der Waals surface area contributed by atoms with E-state index in [2.05, 4.69) is 18.4 Å². The summed E-state index contributed by atoms with van der Waals surface area (Å²) in [5, 5.41) is 8.97. The normalized spacial score (nSPS) is 20.4. The van der Waals surface area contributed by atoms with Crippen molar-refractivity contribution in [1.29, 1.82) is 0 Å². The molecule has 1 saturated carbocycles. The Hall–Kier alpha value is -1.52. The van der Waals surface area contributed by atoms with Gasteiger partial charge in [-0.15, -0.1) is 11.8 Å². The predicted molar refractivity (Wildman–Crippen MR) is 101 cm³/mol. The van der Waals surface area contributed by atoms with E-state index in [0.717, 1.165) is 31.4 Å². The third kappa shape index (κ3) is 4.77. The molecule has 2 aromatic carbocycles. The summed E-state index contributed by atoms with van der Waals surface area (Å²) in [5.74, 6) is 1.75. The first-order valence-electron chi connectivity index (χ1n) is 8.87. The third-order valence-corrected chi connectivity index (χ3v) is 5.75. The number of halogens is 1. The Morgan fingerprint density at radius 2 is 1.64 bits per heavy atom. The maximum absolute atomic E-state index is 13.1. The van der Waals surface area contributed by atoms with Gasteiger partial charge in [-0.1, -0.05) is 12.1 Å². The Balaban J connectivity index is 1.68. The number of rotatable bonds is 6. The highest BCUT2D eigenvalue weighted by Gasteiger charge is 2.24. The molecule has 25 heavy (non-hydrogen) atoms. The number of hydrogen-bond donors (Lipinski definition) is 1. The second-order valence-electron chi connectivity index (χ2n) is 6.61. The first kappa shape index (κ1) is 18.3. The summed E-state index contributed by atoms with van der Waals surface area (Å²) in [5.41, 5.74) is 2.59. The summed E-state index contributed by atoms with van der Waals surface area (Å²) in [4.78, 5) is 1.20. The average Bonchev–Trinajstić information content (AvgIpc) is 2.67. The fourth-order valence-corrected chi connectivity index (χ4v) is 4.18. The lowest BCUT2D eigenvalue weighted by atomic mass is 9.76. The Labute approximate surface area is 153 Å². The van der Waals surface area contributed by atoms with Crippen molar-refractivity contribution < 1.29 is 14.2 Å². The van der Waals surface area contributed by atoms with Gasteiger partial charge < -0.3 is 9.84 Å². The van der Waals surface area contributed by atoms with Gasteiger partial charge in [-0.25, -0.2) is 4.39 Å². The number of aliphatic hydroxyl groups excluding tert-OH is 1. The smallest absolute Gasteiger partial charge is 0.123 e. The number of ether oxygens (including phenoxy) is 1. The van der Waals surface area contributed by atoms with Crippen LogP contribution in [0.5, 0.6) is 5.75 Å². The largest absolute Gasteiger partial charge is 0.491 e. The molecule has 2 aromatic rings. The molecule has 0 bridgehead atoms. The first-order valence-corrected chi connectivity index (χ1v) is 10.1. The summed E-state index contributed by atoms with van der Waals surface area (Å²) in [6, 6.07) is 13.4. The molecule has 0 heterocycles. The minimum Gasteiger partial charge on any atom is -0.491 e. The number of aliphatic hydroxyl groups is 1. The molecule has 0 radical (unpaired) electrons. The fraction of sp³-hybridized carbons (Fsp3) is 0.429. The first-order chi connectivity index (χ1) is 12.2. The highest BCUT2D eigenvalue weighted by atomic mass is 32.2. The van der Waals surface area contributed by atoms with E-state index in [1.165, 1.54) is 16.0 Å². The van der Waals surface area contributed by atoms with Crippen molar-refractivity contribution in [3.8, 4) is 5.75 Å². The number of hydrogen-bond acceptors (Lipinski definition) is 3. The van der Waals surface area contributed by atoms with Gasteiger partial charge in [0.05, 0.1) is 6.61 Å². The number of thioether (sulfide) groups is 1. The SMILES string of the molecule is CSc1cc(OCCO)cc(C2CCC(c3ccc(F)cc3)CC2)c1. The van der Waals surface area contributed by atoms with Crippen molar-refractivity contribution in [2.24, 2.45) is 0 Å². The summed E-state index contributed by atoms with van der Waals surface area (Å²) < 4.78 is 18.7. The van der Waals surface area contributed by atoms with Gasteiger partial charge >= 0.3 is 0 Å². The van der Waals surface area contributed by atoms with E-state index in [4.69, 9.17) is 9.84 Å². The quantitative estimate of drug-likeness (QED) is 0.703. The molecule has 0 saturated heterocycles. The van der Waals surface area contributed by atoms with Crippen LogP contribution in [0, 0.1) is 5.82 Å². The molecule has 0 aromatic heterocycles. The number of benzene rings is 2. The molecule has 3 rings (SSSR count). The molecule has 1 aliphatic carbocycles. The molecule has 1 aliphatic rings. The van der Waals surface area contributed by atoms with Crippen LogP contribution in [0.4, 0.5) is 4.39 Å². The minimum absolute atomic E-state index is 0.0294. The van der Waals surface area contributed by atoms with Crippen LogP contribution in [0.3, 0.4) is 0 Å². The molecule has 0 atom stereocenters. The van der Waals surface area contributed by atoms with Crippen molar-refractivity contribution in [2.75, 3.05) is 19.5 Å². The molecule has 4 heteroatoms. The Bertz CT molecular complexity index is 679. The molecular formula is C21H25FO2S. The van der Waals surface area contributed by atoms with Crippen LogP contribution in [0.1, 0.15) is 48.6 Å². The monoisotopic (exact) mass is 360 g/mol. The van der Waals surface area contributed by atoms with Crippen molar-refractivity contribution in [3.05, 3.63) is 59.4 Å². The van der Waals surface area contributed by atoms with Crippen LogP contribution in [-0.4, -0.2) is 24.6 Å². The van der Waals surface area contributed by atoms with Gasteiger partial charge in [0.15, 0.2) is 0 Å². The lowest BCUT2D eigenvalue weighted by molar-refractivity contribution is 0.201. The van der Waals surface area contributed by atoms with Crippen LogP contribution in [-0.2, 0) is 0 Å². The lowest BCUT2D eigenvalue weighted by Gasteiger charge is -2.29. The van der Waals surface area contributed by atoms with Gasteiger partial charge in [-0.3, -0.25) is 0 Å². The van der Waals surface area contributed by atoms with E-state index in [9.17, 15) is 4.39 Å². The molecule has 1 N–H and O–H groups in total. The van der Waals surface area contributed by atoms with Crippen LogP contribution in [0.15, 0.2) is 47.4 Å². The predicted octanol–water partition coefficient (Wildman–Crippen LogP) is 5.36. The molecule has 2 nitrogen and oxygen atoms in total. The van der Waals surface area contributed by atoms with Gasteiger partial charge in [-0.05, 0) is 85.2 Å². The van der Waals surface area contributed by atoms with E-state index in [-0.39, 0.29) is 12.4 Å². The Kier molecular flexibility index (Phi) is 6.38. The average molecular weight is 360 g/mol. The van der Waals surface area contributed by atoms with E-state index >= 15 is 0 Å². The minimum atomic E-state index is -0.165. The molecule has 134 valence electrons. The van der Waals surface area contributed by atoms with Crippen LogP contribution in [0.2, 0.25) is 0 Å². The van der Waals surface area contributed by atoms with Crippen molar-refractivity contribution in [1.82, 2.24) is 0 Å². The van der Waals surface area contributed by atoms with E-state index in [0.29, 0.717) is 18.4 Å². The van der Waals surface area contributed by atoms with Gasteiger partial charge in [0, 0.05) is 4.90 Å². The molecular weight excluding hydrogens is 335 g/mol. The zero-order valence-corrected chi connectivity index (χ0v) is 15.4. The van der Waals surface area contributed by atoms with Gasteiger partial charge in [0.2, 0.25) is 0 Å². The lowest BCUT2D eigenvalue weighted by Crippen LogP contribution is -2.12. The zero-order valence-electron chi connectivity index (χ0n) is 14.6. The maximum atomic E-state index is 13.1. The van der Waals surface area contributed by atoms with E-state index < -0.39 is 0 Å². The van der Waals surface area contributed by atoms with Crippen molar-refractivity contribution >= 4 is 11.8 Å². The van der Waals surface area contributed by atoms with E-state index in [1.807, 2.05) is 18.2 Å². The molecule has 0 spiro atoms. The summed E-state index contributed by atoms with van der Waals surface area (Å²) in [6.45, 7) is 0.357. The fourth-order valence-electron chi connectivity index (χ4n) is 3.69. The van der Waals surface area contributed by atoms with Crippen molar-refractivity contribution in [3.63, 3.8) is 0 Å². The molecule has 0 aliphatic heterocycles. The van der Waals surface area contributed by atoms with Crippen LogP contribution >= 0.6 is 11.8 Å². The highest BCUT2D eigenvalue weighted by molar-refractivity contribution is 7.98. The standard InChI is InChI=1S/C21H25FO2S/c1-25-21-13-18(12-20(14-21)24-11-10-23)17-4-2-15(3-5-17)16-6-8-19(22)9-7-16/h6-9,12-15,17,23H,2-5,10-11H2,1H3. The second-order valence-corrected chi connectivity index (χ2v) is 7.49. The topological polar surface area (TPSA) is 29.5 Å². The van der Waals surface area contributed by atoms with Gasteiger partial charge in [-0.2, -0.15) is 0 Å². The second kappa shape index (κ2) is 8.72. The molecule has 0 unspecified atom stereocenters. The molecule has 0 amide bonds. The summed E-state index contributed by atoms with van der Waals surface area (Å²) in [6.07, 6.45) is 6.61. The zero-order chi connectivity index (χ0) is 17.6. The maximum Gasteiger partial charge on any atom is 0.123 e. The summed E-state index contributed by atoms with van der Waals surface area (Å²) >= 11 is 1.72. The van der Waals surface area contributed by atoms with E-state index in [1.54, 1.807) is 23.9 Å². The molecule has 1 fully saturated rings. The highest BCUT2D eigenvalue weighted by Crippen LogP contribution is 2.42. The summed E-state index contributed by atoms with van der Waals surface area (Å²) in [7, 11) is 0. The van der Waals surface area contributed by atoms with Crippen LogP contribution in [0.25, 0.3) is 0 Å².